The van der Waals surface area contributed by atoms with Crippen LogP contribution in [0.3, 0.4) is 0 Å². The fraction of sp³-hybridized carbons (Fsp3) is 0.462. The number of tetrazole rings is 1. The van der Waals surface area contributed by atoms with Crippen molar-refractivity contribution < 1.29 is 0 Å². The minimum absolute atomic E-state index is 0.469. The molecule has 0 atom stereocenters. The maximum absolute atomic E-state index is 5.90. The van der Waals surface area contributed by atoms with Crippen LogP contribution in [0.15, 0.2) is 27.8 Å². The highest BCUT2D eigenvalue weighted by Gasteiger charge is 2.21. The van der Waals surface area contributed by atoms with Crippen LogP contribution in [0, 0.1) is 0 Å². The fourth-order valence-corrected chi connectivity index (χ4v) is 4.04. The summed E-state index contributed by atoms with van der Waals surface area (Å²) >= 11 is 5.19. The van der Waals surface area contributed by atoms with Gasteiger partial charge in [0.1, 0.15) is 0 Å². The number of aromatic nitrogens is 4. The third-order valence-corrected chi connectivity index (χ3v) is 5.55. The Morgan fingerprint density at radius 3 is 2.95 bits per heavy atom. The first-order chi connectivity index (χ1) is 9.75. The molecule has 0 bridgehead atoms. The maximum atomic E-state index is 5.90. The summed E-state index contributed by atoms with van der Waals surface area (Å²) in [6.45, 7) is 0. The summed E-state index contributed by atoms with van der Waals surface area (Å²) in [4.78, 5) is 0. The van der Waals surface area contributed by atoms with Crippen LogP contribution in [-0.4, -0.2) is 20.2 Å². The Hall–Kier alpha value is -1.08. The molecule has 20 heavy (non-hydrogen) atoms. The van der Waals surface area contributed by atoms with Crippen molar-refractivity contribution in [1.82, 2.24) is 20.2 Å². The molecule has 0 unspecified atom stereocenters. The molecule has 0 aliphatic heterocycles. The van der Waals surface area contributed by atoms with Gasteiger partial charge < -0.3 is 5.73 Å². The molecular formula is C13H16BrN5S. The molecule has 2 aromatic rings. The van der Waals surface area contributed by atoms with Crippen molar-refractivity contribution in [2.75, 3.05) is 5.73 Å². The molecule has 106 valence electrons. The second-order valence-electron chi connectivity index (χ2n) is 4.95. The normalized spacial score (nSPS) is 15.8. The van der Waals surface area contributed by atoms with Crippen molar-refractivity contribution in [3.05, 3.63) is 28.2 Å². The third kappa shape index (κ3) is 2.83. The zero-order chi connectivity index (χ0) is 13.9. The Morgan fingerprint density at radius 2 is 2.15 bits per heavy atom. The Bertz CT molecular complexity index is 594. The van der Waals surface area contributed by atoms with E-state index in [2.05, 4.69) is 37.5 Å². The van der Waals surface area contributed by atoms with Gasteiger partial charge in [0.2, 0.25) is 5.16 Å². The van der Waals surface area contributed by atoms with Crippen molar-refractivity contribution in [3.63, 3.8) is 0 Å². The van der Waals surface area contributed by atoms with Gasteiger partial charge in [-0.1, -0.05) is 36.7 Å². The van der Waals surface area contributed by atoms with Crippen molar-refractivity contribution >= 4 is 33.4 Å². The highest BCUT2D eigenvalue weighted by molar-refractivity contribution is 9.10. The van der Waals surface area contributed by atoms with Gasteiger partial charge in [-0.25, -0.2) is 4.68 Å². The average molecular weight is 354 g/mol. The van der Waals surface area contributed by atoms with Crippen LogP contribution in [-0.2, 0) is 5.75 Å². The van der Waals surface area contributed by atoms with Crippen molar-refractivity contribution in [3.8, 4) is 0 Å². The first-order valence-electron chi connectivity index (χ1n) is 6.69. The van der Waals surface area contributed by atoms with Crippen LogP contribution in [0.4, 0.5) is 5.69 Å². The first kappa shape index (κ1) is 13.9. The Labute approximate surface area is 130 Å². The molecule has 1 aromatic carbocycles. The molecule has 1 aliphatic carbocycles. The second-order valence-corrected chi connectivity index (χ2v) is 6.69. The zero-order valence-electron chi connectivity index (χ0n) is 11.0. The number of benzene rings is 1. The van der Waals surface area contributed by atoms with E-state index in [1.54, 1.807) is 11.8 Å². The molecule has 7 heteroatoms. The lowest BCUT2D eigenvalue weighted by molar-refractivity contribution is 0.423. The summed E-state index contributed by atoms with van der Waals surface area (Å²) in [5.74, 6) is 0.804. The van der Waals surface area contributed by atoms with Gasteiger partial charge in [0, 0.05) is 15.9 Å². The number of hydrogen-bond acceptors (Lipinski definition) is 5. The van der Waals surface area contributed by atoms with Crippen molar-refractivity contribution in [1.29, 1.82) is 0 Å². The molecule has 0 radical (unpaired) electrons. The van der Waals surface area contributed by atoms with E-state index < -0.39 is 0 Å². The highest BCUT2D eigenvalue weighted by atomic mass is 79.9. The monoisotopic (exact) mass is 353 g/mol. The summed E-state index contributed by atoms with van der Waals surface area (Å²) in [5.41, 5.74) is 7.82. The van der Waals surface area contributed by atoms with E-state index in [1.807, 2.05) is 16.8 Å². The van der Waals surface area contributed by atoms with E-state index in [1.165, 1.54) is 25.7 Å². The van der Waals surface area contributed by atoms with Crippen molar-refractivity contribution in [2.45, 2.75) is 42.6 Å². The molecule has 3 rings (SSSR count). The van der Waals surface area contributed by atoms with E-state index in [4.69, 9.17) is 5.73 Å². The molecule has 0 amide bonds. The minimum Gasteiger partial charge on any atom is -0.398 e. The lowest BCUT2D eigenvalue weighted by atomic mass is 10.2. The average Bonchev–Trinajstić information content (AvgIpc) is 3.10. The molecule has 1 heterocycles. The number of hydrogen-bond donors (Lipinski definition) is 1. The van der Waals surface area contributed by atoms with Gasteiger partial charge in [-0.05, 0) is 50.8 Å². The topological polar surface area (TPSA) is 69.6 Å². The number of nitrogens with zero attached hydrogens (tertiary/aromatic N) is 4. The fourth-order valence-electron chi connectivity index (χ4n) is 2.51. The molecule has 0 saturated heterocycles. The van der Waals surface area contributed by atoms with E-state index in [0.717, 1.165) is 26.6 Å². The summed E-state index contributed by atoms with van der Waals surface area (Å²) < 4.78 is 2.95. The molecule has 0 spiro atoms. The molecular weight excluding hydrogens is 338 g/mol. The maximum Gasteiger partial charge on any atom is 0.209 e. The van der Waals surface area contributed by atoms with Crippen LogP contribution in [0.1, 0.15) is 37.3 Å². The smallest absolute Gasteiger partial charge is 0.209 e. The Balaban J connectivity index is 1.72. The molecule has 1 aromatic heterocycles. The number of nitrogen functional groups attached to an aromatic ring is 1. The van der Waals surface area contributed by atoms with Crippen molar-refractivity contribution in [2.24, 2.45) is 0 Å². The van der Waals surface area contributed by atoms with Crippen LogP contribution in [0.5, 0.6) is 0 Å². The van der Waals surface area contributed by atoms with E-state index in [0.29, 0.717) is 6.04 Å². The summed E-state index contributed by atoms with van der Waals surface area (Å²) in [5, 5.41) is 13.0. The Morgan fingerprint density at radius 1 is 1.35 bits per heavy atom. The summed E-state index contributed by atoms with van der Waals surface area (Å²) in [6, 6.07) is 6.39. The third-order valence-electron chi connectivity index (χ3n) is 3.60. The quantitative estimate of drug-likeness (QED) is 0.673. The lowest BCUT2D eigenvalue weighted by Gasteiger charge is -2.11. The molecule has 1 aliphatic rings. The van der Waals surface area contributed by atoms with Gasteiger partial charge in [-0.15, -0.1) is 5.10 Å². The van der Waals surface area contributed by atoms with Crippen LogP contribution >= 0.6 is 27.7 Å². The number of nitrogens with two attached hydrogens (primary N) is 1. The molecule has 5 nitrogen and oxygen atoms in total. The zero-order valence-corrected chi connectivity index (χ0v) is 13.4. The molecule has 1 fully saturated rings. The number of rotatable bonds is 4. The van der Waals surface area contributed by atoms with E-state index in [-0.39, 0.29) is 0 Å². The SMILES string of the molecule is Nc1cccc(CSc2nnnn2C2CCCC2)c1Br. The van der Waals surface area contributed by atoms with Crippen LogP contribution in [0.25, 0.3) is 0 Å². The van der Waals surface area contributed by atoms with Crippen LogP contribution in [0.2, 0.25) is 0 Å². The molecule has 2 N–H and O–H groups in total. The molecule has 1 saturated carbocycles. The predicted octanol–water partition coefficient (Wildman–Crippen LogP) is 3.43. The number of halogens is 1. The first-order valence-corrected chi connectivity index (χ1v) is 8.47. The largest absolute Gasteiger partial charge is 0.398 e. The van der Waals surface area contributed by atoms with Gasteiger partial charge in [0.05, 0.1) is 6.04 Å². The summed E-state index contributed by atoms with van der Waals surface area (Å²) in [7, 11) is 0. The predicted molar refractivity (Wildman–Crippen MR) is 83.4 cm³/mol. The summed E-state index contributed by atoms with van der Waals surface area (Å²) in [6.07, 6.45) is 4.91. The highest BCUT2D eigenvalue weighted by Crippen LogP contribution is 2.33. The van der Waals surface area contributed by atoms with E-state index >= 15 is 0 Å². The lowest BCUT2D eigenvalue weighted by Crippen LogP contribution is -2.08. The Kier molecular flexibility index (Phi) is 4.26. The van der Waals surface area contributed by atoms with Crippen LogP contribution < -0.4 is 5.73 Å². The van der Waals surface area contributed by atoms with E-state index in [9.17, 15) is 0 Å². The van der Waals surface area contributed by atoms with Gasteiger partial charge >= 0.3 is 0 Å². The standard InChI is InChI=1S/C13H16BrN5S/c14-12-9(4-3-7-11(12)15)8-20-13-16-17-18-19(13)10-5-1-2-6-10/h3-4,7,10H,1-2,5-6,8,15H2. The number of thioether (sulfide) groups is 1. The van der Waals surface area contributed by atoms with Gasteiger partial charge in [-0.3, -0.25) is 0 Å². The van der Waals surface area contributed by atoms with Gasteiger partial charge in [-0.2, -0.15) is 0 Å². The number of anilines is 1. The second kappa shape index (κ2) is 6.13. The van der Waals surface area contributed by atoms with Gasteiger partial charge in [0.15, 0.2) is 0 Å². The van der Waals surface area contributed by atoms with Gasteiger partial charge in [0.25, 0.3) is 0 Å². The minimum atomic E-state index is 0.469.